The first-order valence-corrected chi connectivity index (χ1v) is 3.53. The molecule has 1 rings (SSSR count). The molecular weight excluding hydrogens is 178 g/mol. The predicted molar refractivity (Wildman–Crippen MR) is 41.3 cm³/mol. The van der Waals surface area contributed by atoms with E-state index in [1.54, 1.807) is 0 Å². The summed E-state index contributed by atoms with van der Waals surface area (Å²) in [6.07, 6.45) is -1.15. The van der Waals surface area contributed by atoms with E-state index >= 15 is 0 Å². The molecule has 1 aliphatic rings. The smallest absolute Gasteiger partial charge is 0.408 e. The van der Waals surface area contributed by atoms with E-state index in [2.05, 4.69) is 0 Å². The lowest BCUT2D eigenvalue weighted by Gasteiger charge is -2.09. The third-order valence-corrected chi connectivity index (χ3v) is 1.80. The summed E-state index contributed by atoms with van der Waals surface area (Å²) >= 11 is 0. The van der Waals surface area contributed by atoms with Crippen LogP contribution in [-0.4, -0.2) is 47.4 Å². The Morgan fingerprint density at radius 2 is 2.00 bits per heavy atom. The SMILES string of the molecule is COC1=C(C(=O)O)CN(C(=O)O)C1. The quantitative estimate of drug-likeness (QED) is 0.633. The largest absolute Gasteiger partial charge is 0.499 e. The molecule has 1 aliphatic heterocycles. The molecule has 13 heavy (non-hydrogen) atoms. The molecule has 0 radical (unpaired) electrons. The van der Waals surface area contributed by atoms with E-state index < -0.39 is 12.1 Å². The number of amides is 1. The van der Waals surface area contributed by atoms with Crippen LogP contribution >= 0.6 is 0 Å². The maximum absolute atomic E-state index is 10.6. The normalized spacial score (nSPS) is 16.2. The van der Waals surface area contributed by atoms with Crippen LogP contribution in [0, 0.1) is 0 Å². The van der Waals surface area contributed by atoms with E-state index in [1.165, 1.54) is 7.11 Å². The fourth-order valence-electron chi connectivity index (χ4n) is 1.11. The Hall–Kier alpha value is -1.72. The van der Waals surface area contributed by atoms with Gasteiger partial charge in [-0.05, 0) is 0 Å². The van der Waals surface area contributed by atoms with Crippen LogP contribution in [0.1, 0.15) is 0 Å². The van der Waals surface area contributed by atoms with Crippen molar-refractivity contribution in [3.05, 3.63) is 11.3 Å². The summed E-state index contributed by atoms with van der Waals surface area (Å²) in [6.45, 7) is -0.110. The standard InChI is InChI=1S/C7H9NO5/c1-13-5-3-8(7(11)12)2-4(5)6(9)10/h2-3H2,1H3,(H,9,10)(H,11,12). The first-order chi connectivity index (χ1) is 6.06. The Kier molecular flexibility index (Phi) is 2.41. The Morgan fingerprint density at radius 3 is 2.31 bits per heavy atom. The zero-order valence-corrected chi connectivity index (χ0v) is 6.98. The molecule has 2 N–H and O–H groups in total. The average Bonchev–Trinajstić information content (AvgIpc) is 2.47. The van der Waals surface area contributed by atoms with Gasteiger partial charge in [0.1, 0.15) is 5.76 Å². The van der Waals surface area contributed by atoms with Gasteiger partial charge in [-0.2, -0.15) is 0 Å². The highest BCUT2D eigenvalue weighted by Gasteiger charge is 2.30. The summed E-state index contributed by atoms with van der Waals surface area (Å²) in [5, 5.41) is 17.2. The molecule has 0 unspecified atom stereocenters. The molecule has 0 saturated heterocycles. The molecule has 1 heterocycles. The highest BCUT2D eigenvalue weighted by atomic mass is 16.5. The topological polar surface area (TPSA) is 87.1 Å². The molecule has 6 nitrogen and oxygen atoms in total. The number of methoxy groups -OCH3 is 1. The number of ether oxygens (including phenoxy) is 1. The fourth-order valence-corrected chi connectivity index (χ4v) is 1.11. The molecule has 1 amide bonds. The number of hydrogen-bond donors (Lipinski definition) is 2. The second-order valence-electron chi connectivity index (χ2n) is 2.55. The second kappa shape index (κ2) is 3.34. The molecule has 0 bridgehead atoms. The van der Waals surface area contributed by atoms with Gasteiger partial charge >= 0.3 is 12.1 Å². The van der Waals surface area contributed by atoms with Gasteiger partial charge in [0.2, 0.25) is 0 Å². The van der Waals surface area contributed by atoms with Gasteiger partial charge in [0.05, 0.1) is 25.8 Å². The van der Waals surface area contributed by atoms with Crippen molar-refractivity contribution in [3.8, 4) is 0 Å². The molecule has 0 aromatic rings. The molecule has 72 valence electrons. The average molecular weight is 187 g/mol. The van der Waals surface area contributed by atoms with Crippen LogP contribution in [0.3, 0.4) is 0 Å². The van der Waals surface area contributed by atoms with Crippen LogP contribution in [-0.2, 0) is 9.53 Å². The van der Waals surface area contributed by atoms with Crippen LogP contribution < -0.4 is 0 Å². The summed E-state index contributed by atoms with van der Waals surface area (Å²) in [6, 6.07) is 0. The van der Waals surface area contributed by atoms with E-state index in [-0.39, 0.29) is 24.4 Å². The summed E-state index contributed by atoms with van der Waals surface area (Å²) in [4.78, 5) is 22.0. The van der Waals surface area contributed by atoms with Gasteiger partial charge in [0.15, 0.2) is 0 Å². The van der Waals surface area contributed by atoms with Crippen LogP contribution in [0.25, 0.3) is 0 Å². The van der Waals surface area contributed by atoms with Crippen molar-refractivity contribution in [3.63, 3.8) is 0 Å². The van der Waals surface area contributed by atoms with Crippen molar-refractivity contribution >= 4 is 12.1 Å². The van der Waals surface area contributed by atoms with Gasteiger partial charge in [-0.3, -0.25) is 4.90 Å². The van der Waals surface area contributed by atoms with Crippen LogP contribution in [0.5, 0.6) is 0 Å². The lowest BCUT2D eigenvalue weighted by atomic mass is 10.3. The number of rotatable bonds is 2. The van der Waals surface area contributed by atoms with Crippen LogP contribution in [0.2, 0.25) is 0 Å². The highest BCUT2D eigenvalue weighted by molar-refractivity contribution is 5.89. The Balaban J connectivity index is 2.80. The molecule has 0 atom stereocenters. The monoisotopic (exact) mass is 187 g/mol. The minimum absolute atomic E-state index is 0.00454. The molecule has 0 spiro atoms. The number of carboxylic acids is 1. The Labute approximate surface area is 74.0 Å². The van der Waals surface area contributed by atoms with E-state index in [1.807, 2.05) is 0 Å². The lowest BCUT2D eigenvalue weighted by Crippen LogP contribution is -2.28. The van der Waals surface area contributed by atoms with Gasteiger partial charge in [0, 0.05) is 0 Å². The molecule has 0 aromatic heterocycles. The minimum Gasteiger partial charge on any atom is -0.499 e. The summed E-state index contributed by atoms with van der Waals surface area (Å²) in [5.74, 6) is -0.935. The first-order valence-electron chi connectivity index (χ1n) is 3.53. The zero-order valence-electron chi connectivity index (χ0n) is 6.98. The van der Waals surface area contributed by atoms with E-state index in [0.29, 0.717) is 0 Å². The Bertz CT molecular complexity index is 283. The number of nitrogens with zero attached hydrogens (tertiary/aromatic N) is 1. The highest BCUT2D eigenvalue weighted by Crippen LogP contribution is 2.17. The summed E-state index contributed by atoms with van der Waals surface area (Å²) in [7, 11) is 1.32. The van der Waals surface area contributed by atoms with Crippen molar-refractivity contribution in [2.45, 2.75) is 0 Å². The summed E-state index contributed by atoms with van der Waals surface area (Å²) in [5.41, 5.74) is 0.00454. The molecule has 0 fully saturated rings. The molecule has 0 aliphatic carbocycles. The molecule has 0 aromatic carbocycles. The minimum atomic E-state index is -1.15. The van der Waals surface area contributed by atoms with E-state index in [0.717, 1.165) is 4.90 Å². The van der Waals surface area contributed by atoms with Crippen molar-refractivity contribution in [2.75, 3.05) is 20.2 Å². The molecule has 6 heteroatoms. The van der Waals surface area contributed by atoms with Gasteiger partial charge in [-0.15, -0.1) is 0 Å². The summed E-state index contributed by atoms with van der Waals surface area (Å²) < 4.78 is 4.76. The Morgan fingerprint density at radius 1 is 1.38 bits per heavy atom. The van der Waals surface area contributed by atoms with E-state index in [9.17, 15) is 9.59 Å². The number of carbonyl (C=O) groups is 2. The van der Waals surface area contributed by atoms with Crippen molar-refractivity contribution in [1.29, 1.82) is 0 Å². The van der Waals surface area contributed by atoms with E-state index in [4.69, 9.17) is 14.9 Å². The van der Waals surface area contributed by atoms with Crippen LogP contribution in [0.4, 0.5) is 4.79 Å². The van der Waals surface area contributed by atoms with Gasteiger partial charge in [0.25, 0.3) is 0 Å². The van der Waals surface area contributed by atoms with Crippen molar-refractivity contribution in [2.24, 2.45) is 0 Å². The van der Waals surface area contributed by atoms with Crippen molar-refractivity contribution in [1.82, 2.24) is 4.90 Å². The fraction of sp³-hybridized carbons (Fsp3) is 0.429. The lowest BCUT2D eigenvalue weighted by molar-refractivity contribution is -0.132. The number of hydrogen-bond acceptors (Lipinski definition) is 3. The van der Waals surface area contributed by atoms with Gasteiger partial charge in [-0.1, -0.05) is 0 Å². The van der Waals surface area contributed by atoms with Gasteiger partial charge in [-0.25, -0.2) is 9.59 Å². The molecule has 0 saturated carbocycles. The number of aliphatic carboxylic acids is 1. The maximum atomic E-state index is 10.6. The molecular formula is C7H9NO5. The third kappa shape index (κ3) is 1.71. The second-order valence-corrected chi connectivity index (χ2v) is 2.55. The maximum Gasteiger partial charge on any atom is 0.408 e. The van der Waals surface area contributed by atoms with Gasteiger partial charge < -0.3 is 14.9 Å². The first kappa shape index (κ1) is 9.37. The van der Waals surface area contributed by atoms with Crippen LogP contribution in [0.15, 0.2) is 11.3 Å². The third-order valence-electron chi connectivity index (χ3n) is 1.80. The predicted octanol–water partition coefficient (Wildman–Crippen LogP) is -0.0349. The van der Waals surface area contributed by atoms with Crippen molar-refractivity contribution < 1.29 is 24.5 Å². The zero-order chi connectivity index (χ0) is 10.0. The number of carboxylic acid groups (broad SMARTS) is 2.